The molecule has 0 fully saturated rings. The molecule has 0 amide bonds. The van der Waals surface area contributed by atoms with Gasteiger partial charge in [0.25, 0.3) is 0 Å². The molecule has 0 bridgehead atoms. The molecule has 1 aromatic heterocycles. The van der Waals surface area contributed by atoms with E-state index in [0.29, 0.717) is 5.02 Å². The average Bonchev–Trinajstić information content (AvgIpc) is 3.28. The molecular formula is C28H23ClO2SSe. The number of hydrogen-bond acceptors (Lipinski definition) is 3. The standard InChI is InChI=1S/C28H23ClO2SSe/c1-19-8-17-26(32-19)25(20-11-15-23(31-2)16-12-20)18-27(33-24-6-4-3-5-7-24)28(30)21-9-13-22(29)14-10-21/h3-17,28,30H,1-2H3. The van der Waals surface area contributed by atoms with Gasteiger partial charge in [0, 0.05) is 0 Å². The Bertz CT molecular complexity index is 1270. The first kappa shape index (κ1) is 23.6. The molecule has 0 saturated heterocycles. The third kappa shape index (κ3) is 6.07. The minimum absolute atomic E-state index is 0.121. The van der Waals surface area contributed by atoms with Crippen LogP contribution < -0.4 is 9.20 Å². The number of methoxy groups -OCH3 is 1. The van der Waals surface area contributed by atoms with Crippen molar-refractivity contribution in [2.75, 3.05) is 7.11 Å². The number of halogens is 1. The monoisotopic (exact) mass is 538 g/mol. The van der Waals surface area contributed by atoms with Gasteiger partial charge in [-0.1, -0.05) is 0 Å². The van der Waals surface area contributed by atoms with E-state index in [4.69, 9.17) is 16.3 Å². The predicted molar refractivity (Wildman–Crippen MR) is 140 cm³/mol. The van der Waals surface area contributed by atoms with E-state index in [1.165, 1.54) is 9.34 Å². The first-order chi connectivity index (χ1) is 16.0. The van der Waals surface area contributed by atoms with Gasteiger partial charge in [-0.2, -0.15) is 0 Å². The van der Waals surface area contributed by atoms with Crippen molar-refractivity contribution in [1.29, 1.82) is 0 Å². The summed E-state index contributed by atoms with van der Waals surface area (Å²) in [4.78, 5) is 2.34. The second-order valence-electron chi connectivity index (χ2n) is 7.37. The fourth-order valence-electron chi connectivity index (χ4n) is 3.29. The van der Waals surface area contributed by atoms with Crippen molar-refractivity contribution in [1.82, 2.24) is 0 Å². The summed E-state index contributed by atoms with van der Waals surface area (Å²) in [6.07, 6.45) is -0.781. The molecule has 0 spiro atoms. The Hall–Kier alpha value is -2.55. The number of hydrogen-bond donors (Lipinski definition) is 1. The number of ether oxygens (including phenoxy) is 1. The first-order valence-corrected chi connectivity index (χ1v) is 13.3. The number of benzene rings is 3. The van der Waals surface area contributed by atoms with E-state index in [9.17, 15) is 5.11 Å². The van der Waals surface area contributed by atoms with Gasteiger partial charge in [-0.05, 0) is 0 Å². The first-order valence-electron chi connectivity index (χ1n) is 10.4. The Balaban J connectivity index is 1.91. The molecule has 5 heteroatoms. The molecular weight excluding hydrogens is 515 g/mol. The van der Waals surface area contributed by atoms with Crippen molar-refractivity contribution in [3.05, 3.63) is 127 Å². The fraction of sp³-hybridized carbons (Fsp3) is 0.107. The van der Waals surface area contributed by atoms with Gasteiger partial charge >= 0.3 is 211 Å². The number of thiophene rings is 1. The molecule has 33 heavy (non-hydrogen) atoms. The molecule has 0 aliphatic carbocycles. The zero-order valence-electron chi connectivity index (χ0n) is 18.3. The topological polar surface area (TPSA) is 29.5 Å². The number of aliphatic hydroxyl groups is 1. The SMILES string of the molecule is COc1ccc(C(=C=C([Se]c2ccccc2)C(O)c2ccc(Cl)cc2)c2ccc(C)s2)cc1. The molecule has 4 rings (SSSR count). The van der Waals surface area contributed by atoms with Crippen molar-refractivity contribution < 1.29 is 9.84 Å². The number of aliphatic hydroxyl groups excluding tert-OH is 1. The number of aryl methyl sites for hydroxylation is 1. The second-order valence-corrected chi connectivity index (χ2v) is 11.4. The van der Waals surface area contributed by atoms with Gasteiger partial charge in [0.15, 0.2) is 0 Å². The van der Waals surface area contributed by atoms with Crippen LogP contribution in [0.5, 0.6) is 5.75 Å². The second kappa shape index (κ2) is 11.0. The molecule has 1 heterocycles. The van der Waals surface area contributed by atoms with E-state index in [0.717, 1.165) is 31.8 Å². The normalized spacial score (nSPS) is 11.5. The van der Waals surface area contributed by atoms with E-state index in [-0.39, 0.29) is 15.0 Å². The van der Waals surface area contributed by atoms with E-state index in [1.807, 2.05) is 66.7 Å². The van der Waals surface area contributed by atoms with Crippen LogP contribution >= 0.6 is 22.9 Å². The van der Waals surface area contributed by atoms with Crippen molar-refractivity contribution in [2.45, 2.75) is 13.0 Å². The van der Waals surface area contributed by atoms with Crippen LogP contribution in [0.2, 0.25) is 5.02 Å². The number of rotatable bonds is 7. The predicted octanol–water partition coefficient (Wildman–Crippen LogP) is 6.40. The third-order valence-corrected chi connectivity index (χ3v) is 8.50. The van der Waals surface area contributed by atoms with Crippen LogP contribution in [-0.4, -0.2) is 27.2 Å². The molecule has 0 radical (unpaired) electrons. The third-order valence-electron chi connectivity index (χ3n) is 5.02. The van der Waals surface area contributed by atoms with Gasteiger partial charge in [0.05, 0.1) is 0 Å². The molecule has 0 saturated carbocycles. The zero-order chi connectivity index (χ0) is 23.2. The molecule has 1 atom stereocenters. The van der Waals surface area contributed by atoms with E-state index in [2.05, 4.69) is 36.9 Å². The summed E-state index contributed by atoms with van der Waals surface area (Å²) in [7, 11) is 1.66. The van der Waals surface area contributed by atoms with Gasteiger partial charge in [0.2, 0.25) is 0 Å². The molecule has 0 aliphatic rings. The molecule has 166 valence electrons. The van der Waals surface area contributed by atoms with Crippen LogP contribution in [0.25, 0.3) is 5.57 Å². The van der Waals surface area contributed by atoms with Crippen LogP contribution in [-0.2, 0) is 0 Å². The van der Waals surface area contributed by atoms with Gasteiger partial charge in [-0.15, -0.1) is 0 Å². The van der Waals surface area contributed by atoms with Gasteiger partial charge in [0.1, 0.15) is 0 Å². The summed E-state index contributed by atoms with van der Waals surface area (Å²) in [6, 6.07) is 29.8. The van der Waals surface area contributed by atoms with Gasteiger partial charge in [-0.25, -0.2) is 0 Å². The summed E-state index contributed by atoms with van der Waals surface area (Å²) in [5.41, 5.74) is 6.45. The molecule has 3 aromatic carbocycles. The van der Waals surface area contributed by atoms with E-state index < -0.39 is 6.10 Å². The molecule has 1 N–H and O–H groups in total. The summed E-state index contributed by atoms with van der Waals surface area (Å²) >= 11 is 7.69. The summed E-state index contributed by atoms with van der Waals surface area (Å²) in [5, 5.41) is 12.1. The average molecular weight is 538 g/mol. The van der Waals surface area contributed by atoms with Crippen LogP contribution in [0.15, 0.2) is 101 Å². The van der Waals surface area contributed by atoms with Crippen molar-refractivity contribution >= 4 is 47.9 Å². The maximum absolute atomic E-state index is 11.4. The van der Waals surface area contributed by atoms with Crippen LogP contribution in [0.3, 0.4) is 0 Å². The van der Waals surface area contributed by atoms with Crippen molar-refractivity contribution in [3.8, 4) is 5.75 Å². The molecule has 4 aromatic rings. The van der Waals surface area contributed by atoms with Gasteiger partial charge in [-0.3, -0.25) is 0 Å². The van der Waals surface area contributed by atoms with Crippen molar-refractivity contribution in [3.63, 3.8) is 0 Å². The van der Waals surface area contributed by atoms with Gasteiger partial charge < -0.3 is 0 Å². The fourth-order valence-corrected chi connectivity index (χ4v) is 6.29. The Morgan fingerprint density at radius 1 is 0.939 bits per heavy atom. The Labute approximate surface area is 210 Å². The quantitative estimate of drug-likeness (QED) is 0.218. The summed E-state index contributed by atoms with van der Waals surface area (Å²) in [6.45, 7) is 2.10. The molecule has 0 aliphatic heterocycles. The zero-order valence-corrected chi connectivity index (χ0v) is 21.6. The summed E-state index contributed by atoms with van der Waals surface area (Å²) < 4.78 is 7.38. The molecule has 1 unspecified atom stereocenters. The minimum atomic E-state index is -0.781. The van der Waals surface area contributed by atoms with E-state index >= 15 is 0 Å². The van der Waals surface area contributed by atoms with Crippen LogP contribution in [0, 0.1) is 6.92 Å². The van der Waals surface area contributed by atoms with Crippen molar-refractivity contribution in [2.24, 2.45) is 0 Å². The Morgan fingerprint density at radius 2 is 1.64 bits per heavy atom. The maximum atomic E-state index is 11.4. The van der Waals surface area contributed by atoms with Crippen LogP contribution in [0.4, 0.5) is 0 Å². The van der Waals surface area contributed by atoms with E-state index in [1.54, 1.807) is 18.4 Å². The van der Waals surface area contributed by atoms with Crippen LogP contribution in [0.1, 0.15) is 27.0 Å². The Kier molecular flexibility index (Phi) is 7.90. The summed E-state index contributed by atoms with van der Waals surface area (Å²) in [5.74, 6) is 0.805. The Morgan fingerprint density at radius 3 is 2.24 bits per heavy atom. The molecule has 2 nitrogen and oxygen atoms in total.